The van der Waals surface area contributed by atoms with Crippen LogP contribution < -0.4 is 10.6 Å². The van der Waals surface area contributed by atoms with E-state index in [1.54, 1.807) is 6.92 Å². The van der Waals surface area contributed by atoms with Crippen molar-refractivity contribution in [1.82, 2.24) is 59.6 Å². The average molecular weight is 1620 g/mol. The van der Waals surface area contributed by atoms with Crippen molar-refractivity contribution in [3.8, 4) is 0 Å². The molecule has 0 aromatic carbocycles. The van der Waals surface area contributed by atoms with Gasteiger partial charge in [0, 0.05) is 167 Å². The summed E-state index contributed by atoms with van der Waals surface area (Å²) in [4.78, 5) is 103. The molecule has 0 bridgehead atoms. The first kappa shape index (κ1) is 93.5. The number of rotatable bonds is 24. The van der Waals surface area contributed by atoms with Gasteiger partial charge in [-0.05, 0) is 177 Å². The Hall–Kier alpha value is -3.73. The van der Waals surface area contributed by atoms with Crippen LogP contribution in [0, 0.1) is 64.6 Å². The minimum absolute atomic E-state index is 0. The van der Waals surface area contributed by atoms with Crippen LogP contribution in [0.5, 0.6) is 0 Å². The maximum Gasteiger partial charge on any atom is 0.245 e. The molecule has 1 aliphatic carbocycles. The van der Waals surface area contributed by atoms with Crippen LogP contribution in [0.25, 0.3) is 0 Å². The zero-order chi connectivity index (χ0) is 82.0. The Morgan fingerprint density at radius 2 is 0.817 bits per heavy atom. The first-order valence-corrected chi connectivity index (χ1v) is 45.8. The average Bonchev–Trinajstić information content (AvgIpc) is 1.28. The summed E-state index contributed by atoms with van der Waals surface area (Å²) in [6.07, 6.45) is 17.3. The van der Waals surface area contributed by atoms with E-state index >= 15 is 0 Å². The van der Waals surface area contributed by atoms with Crippen LogP contribution in [0.15, 0.2) is 0 Å². The van der Waals surface area contributed by atoms with E-state index in [4.69, 9.17) is 28.4 Å². The fraction of sp³-hybridized carbons (Fsp3) is 0.933. The number of hydrogen-bond acceptors (Lipinski definition) is 18. The van der Waals surface area contributed by atoms with Crippen molar-refractivity contribution in [2.45, 2.75) is 299 Å². The molecule has 1 saturated carbocycles. The maximum atomic E-state index is 14.2. The van der Waals surface area contributed by atoms with Crippen LogP contribution in [0.3, 0.4) is 0 Å². The van der Waals surface area contributed by atoms with Crippen LogP contribution >= 0.6 is 0 Å². The van der Waals surface area contributed by atoms with Gasteiger partial charge in [-0.25, -0.2) is 4.39 Å². The summed E-state index contributed by atoms with van der Waals surface area (Å²) in [5, 5.41) is 6.74. The van der Waals surface area contributed by atoms with Crippen molar-refractivity contribution in [1.29, 1.82) is 0 Å². The second kappa shape index (κ2) is 41.4. The number of piperazine rings is 3. The van der Waals surface area contributed by atoms with Crippen molar-refractivity contribution in [3.63, 3.8) is 0 Å². The van der Waals surface area contributed by atoms with Gasteiger partial charge in [-0.3, -0.25) is 38.6 Å². The number of ether oxygens (including phenoxy) is 6. The second-order valence-electron chi connectivity index (χ2n) is 40.8. The van der Waals surface area contributed by atoms with Gasteiger partial charge in [0.1, 0.15) is 23.8 Å². The molecule has 2 N–H and O–H groups in total. The molecule has 13 rings (SSSR count). The molecule has 8 atom stereocenters. The molecule has 0 aromatic rings. The number of hydrogen-bond donors (Lipinski definition) is 2. The molecular weight excluding hydrogens is 1460 g/mol. The lowest BCUT2D eigenvalue weighted by Crippen LogP contribution is -2.64. The molecule has 1 unspecified atom stereocenters. The van der Waals surface area contributed by atoms with Gasteiger partial charge in [-0.15, -0.1) is 0 Å². The van der Waals surface area contributed by atoms with Gasteiger partial charge in [0.25, 0.3) is 0 Å². The van der Waals surface area contributed by atoms with Crippen LogP contribution in [-0.4, -0.2) is 327 Å². The third-order valence-electron chi connectivity index (χ3n) is 27.7. The lowest BCUT2D eigenvalue weighted by Gasteiger charge is -2.49. The van der Waals surface area contributed by atoms with Gasteiger partial charge < -0.3 is 78.3 Å². The van der Waals surface area contributed by atoms with Crippen LogP contribution in [0.4, 0.5) is 4.39 Å². The van der Waals surface area contributed by atoms with Crippen molar-refractivity contribution in [3.05, 3.63) is 0 Å². The Morgan fingerprint density at radius 3 is 1.21 bits per heavy atom. The number of alkyl halides is 1. The predicted molar refractivity (Wildman–Crippen MR) is 449 cm³/mol. The minimum Gasteiger partial charge on any atom is -0.349 e. The number of likely N-dealkylation sites (tertiary alicyclic amines) is 6. The minimum atomic E-state index is -1.09. The first-order valence-electron chi connectivity index (χ1n) is 45.8. The largest absolute Gasteiger partial charge is 0.349 e. The number of likely N-dealkylation sites (N-methyl/N-ethyl adjacent to an activating group) is 1. The lowest BCUT2D eigenvalue weighted by atomic mass is 9.92. The van der Waals surface area contributed by atoms with Crippen molar-refractivity contribution < 1.29 is 61.6 Å². The number of halogens is 1. The summed E-state index contributed by atoms with van der Waals surface area (Å²) in [6.45, 7) is 52.0. The molecule has 660 valence electrons. The fourth-order valence-electron chi connectivity index (χ4n) is 20.5. The molecule has 12 aliphatic heterocycles. The summed E-state index contributed by atoms with van der Waals surface area (Å²) in [5.74, 6) is 2.92. The SMILES string of the molecule is C.CC(C)C[C@@H]1NCCN([C@@H](CC(C)C)C(=O)N2CCC3(CC2)OCC(CN2CCC(C)CC2)CO3)C1=O.CC(C)C[C@@H]1NCCN([C@@H](CC(C)C)C(=O)N2CCC3(C[C@@H]2C)OCC(CN2CCC(C)(F)C2)CO3)C1=O.CC(C)C[C@H]1C(=O)N([C@@H](CC(C)C)C(=O)N2CCC3(CC2)OCC(CN2CCC4(CC2)CC4)CO3)CCN1C. The molecule has 25 heteroatoms. The van der Waals surface area contributed by atoms with E-state index in [0.29, 0.717) is 196 Å². The van der Waals surface area contributed by atoms with E-state index in [1.165, 1.54) is 64.7 Å². The molecule has 6 amide bonds. The molecule has 12 heterocycles. The molecular formula is C90H161FN12O12. The van der Waals surface area contributed by atoms with Crippen molar-refractivity contribution >= 4 is 35.4 Å². The molecule has 115 heavy (non-hydrogen) atoms. The highest BCUT2D eigenvalue weighted by molar-refractivity contribution is 5.92. The molecule has 4 spiro atoms. The number of nitrogens with one attached hydrogen (secondary N) is 2. The number of nitrogens with zero attached hydrogens (tertiary/aromatic N) is 10. The highest BCUT2D eigenvalue weighted by atomic mass is 19.1. The third-order valence-corrected chi connectivity index (χ3v) is 27.7. The van der Waals surface area contributed by atoms with E-state index in [-0.39, 0.29) is 85.0 Å². The fourth-order valence-corrected chi connectivity index (χ4v) is 20.5. The van der Waals surface area contributed by atoms with Gasteiger partial charge in [-0.2, -0.15) is 0 Å². The Balaban J connectivity index is 0.000000182. The van der Waals surface area contributed by atoms with Crippen LogP contribution in [0.2, 0.25) is 0 Å². The molecule has 0 aromatic heterocycles. The Morgan fingerprint density at radius 1 is 0.435 bits per heavy atom. The normalized spacial score (nSPS) is 29.3. The monoisotopic (exact) mass is 1620 g/mol. The number of carbonyl (C=O) groups excluding carboxylic acids is 6. The van der Waals surface area contributed by atoms with Gasteiger partial charge >= 0.3 is 0 Å². The zero-order valence-corrected chi connectivity index (χ0v) is 73.9. The van der Waals surface area contributed by atoms with E-state index < -0.39 is 29.1 Å². The van der Waals surface area contributed by atoms with E-state index in [2.05, 4.69) is 127 Å². The second-order valence-corrected chi connectivity index (χ2v) is 40.8. The van der Waals surface area contributed by atoms with Crippen LogP contribution in [-0.2, 0) is 57.2 Å². The van der Waals surface area contributed by atoms with Gasteiger partial charge in [0.15, 0.2) is 17.4 Å². The zero-order valence-electron chi connectivity index (χ0n) is 73.9. The van der Waals surface area contributed by atoms with Gasteiger partial charge in [0.2, 0.25) is 35.4 Å². The summed E-state index contributed by atoms with van der Waals surface area (Å²) >= 11 is 0. The maximum absolute atomic E-state index is 14.2. The summed E-state index contributed by atoms with van der Waals surface area (Å²) in [5.41, 5.74) is -0.377. The molecule has 13 fully saturated rings. The Bertz CT molecular complexity index is 3060. The molecule has 0 radical (unpaired) electrons. The van der Waals surface area contributed by atoms with Crippen LogP contribution in [0.1, 0.15) is 233 Å². The van der Waals surface area contributed by atoms with Crippen molar-refractivity contribution in [2.75, 3.05) is 178 Å². The van der Waals surface area contributed by atoms with E-state index in [0.717, 1.165) is 90.9 Å². The Kier molecular flexibility index (Phi) is 33.7. The quantitative estimate of drug-likeness (QED) is 0.0919. The molecule has 24 nitrogen and oxygen atoms in total. The standard InChI is InChI=1S/C31H54N4O4.C29H51FN4O4.C29H52N4O4.CH4/c1-23(2)18-26-29(37)35(17-16-32(26)5)27(19-24(3)4)28(36)34-14-10-31(11-15-34)38-21-25(22-39-31)20-33-12-8-30(6-7-30)9-13-33;1-20(2)13-24-26(35)34(12-9-31-24)25(14-21(3)4)27(36)33-11-8-29(15-22(33)5)37-17-23(18-38-29)16-32-10-7-28(6,30)19-32;1-21(2)16-25-27(34)33(15-10-30-25)26(17-22(3)4)28(35)32-13-8-29(9-14-32)36-19-24(20-37-29)18-31-11-6-23(5)7-12-31;/h23-27H,6-22H2,1-5H3;20-25,31H,7-19H2,1-6H3;21-26,30H,6-20H2,1-5H3;1H4/t26-,27-;22-,23?,24-,25-,28?,29?;25-,26-;/m000./s1. The third kappa shape index (κ3) is 25.2. The van der Waals surface area contributed by atoms with Crippen molar-refractivity contribution in [2.24, 2.45) is 64.6 Å². The lowest BCUT2D eigenvalue weighted by molar-refractivity contribution is -0.303. The smallest absolute Gasteiger partial charge is 0.245 e. The predicted octanol–water partition coefficient (Wildman–Crippen LogP) is 10.1. The first-order chi connectivity index (χ1) is 54.1. The molecule has 13 aliphatic rings. The number of carbonyl (C=O) groups is 6. The highest BCUT2D eigenvalue weighted by Gasteiger charge is 2.52. The summed E-state index contributed by atoms with van der Waals surface area (Å²) in [6, 6.07) is -1.79. The van der Waals surface area contributed by atoms with E-state index in [1.807, 2.05) is 36.4 Å². The summed E-state index contributed by atoms with van der Waals surface area (Å²) in [7, 11) is 2.04. The molecule has 12 saturated heterocycles. The van der Waals surface area contributed by atoms with Gasteiger partial charge in [0.05, 0.1) is 57.8 Å². The van der Waals surface area contributed by atoms with Gasteiger partial charge in [-0.1, -0.05) is 97.4 Å². The number of amides is 6. The number of piperidine rings is 5. The summed E-state index contributed by atoms with van der Waals surface area (Å²) < 4.78 is 52.4. The topological polar surface area (TPSA) is 214 Å². The Labute approximate surface area is 694 Å². The van der Waals surface area contributed by atoms with E-state index in [9.17, 15) is 33.2 Å². The highest BCUT2D eigenvalue weighted by Crippen LogP contribution is 2.54.